The zero-order valence-corrected chi connectivity index (χ0v) is 11.0. The summed E-state index contributed by atoms with van der Waals surface area (Å²) in [5, 5.41) is 2.74. The lowest BCUT2D eigenvalue weighted by molar-refractivity contribution is -0.140. The average Bonchev–Trinajstić information content (AvgIpc) is 2.42. The summed E-state index contributed by atoms with van der Waals surface area (Å²) in [6.45, 7) is 0. The summed E-state index contributed by atoms with van der Waals surface area (Å²) in [5.41, 5.74) is -1.03. The smallest absolute Gasteiger partial charge is 0.309 e. The first-order chi connectivity index (χ1) is 9.84. The molecule has 0 saturated heterocycles. The van der Waals surface area contributed by atoms with Crippen LogP contribution in [0.5, 0.6) is 0 Å². The van der Waals surface area contributed by atoms with Crippen molar-refractivity contribution < 1.29 is 22.0 Å². The fourth-order valence-electron chi connectivity index (χ4n) is 2.15. The van der Waals surface area contributed by atoms with Crippen LogP contribution >= 0.6 is 0 Å². The minimum Gasteiger partial charge on any atom is -0.309 e. The lowest BCUT2D eigenvalue weighted by atomic mass is 9.96. The van der Waals surface area contributed by atoms with Crippen LogP contribution in [0.25, 0.3) is 0 Å². The molecule has 6 heteroatoms. The van der Waals surface area contributed by atoms with Gasteiger partial charge in [0.2, 0.25) is 0 Å². The number of alkyl halides is 3. The highest BCUT2D eigenvalue weighted by molar-refractivity contribution is 5.36. The van der Waals surface area contributed by atoms with Gasteiger partial charge >= 0.3 is 6.18 Å². The molecule has 1 unspecified atom stereocenters. The normalized spacial score (nSPS) is 13.2. The van der Waals surface area contributed by atoms with Crippen molar-refractivity contribution in [2.24, 2.45) is 0 Å². The standard InChI is InChI=1S/C15H12F5N/c1-21-14(10-4-2-3-5-12(10)16)9-6-7-13(17)11(8-9)15(18,19)20/h2-8,14,21H,1H3. The van der Waals surface area contributed by atoms with Crippen LogP contribution < -0.4 is 5.32 Å². The van der Waals surface area contributed by atoms with E-state index in [9.17, 15) is 22.0 Å². The van der Waals surface area contributed by atoms with Gasteiger partial charge in [0.05, 0.1) is 11.6 Å². The van der Waals surface area contributed by atoms with E-state index in [0.717, 1.165) is 6.07 Å². The van der Waals surface area contributed by atoms with Crippen molar-refractivity contribution >= 4 is 0 Å². The monoisotopic (exact) mass is 301 g/mol. The Morgan fingerprint density at radius 1 is 0.952 bits per heavy atom. The highest BCUT2D eigenvalue weighted by atomic mass is 19.4. The zero-order chi connectivity index (χ0) is 15.6. The minimum atomic E-state index is -4.80. The third-order valence-corrected chi connectivity index (χ3v) is 3.13. The molecular formula is C15H12F5N. The maximum absolute atomic E-state index is 13.8. The van der Waals surface area contributed by atoms with Crippen LogP contribution in [0.2, 0.25) is 0 Å². The third-order valence-electron chi connectivity index (χ3n) is 3.13. The van der Waals surface area contributed by atoms with Gasteiger partial charge in [-0.05, 0) is 30.8 Å². The van der Waals surface area contributed by atoms with Crippen LogP contribution in [0.1, 0.15) is 22.7 Å². The van der Waals surface area contributed by atoms with E-state index in [-0.39, 0.29) is 11.1 Å². The molecular weight excluding hydrogens is 289 g/mol. The molecule has 0 bridgehead atoms. The Morgan fingerprint density at radius 3 is 2.19 bits per heavy atom. The molecule has 1 atom stereocenters. The van der Waals surface area contributed by atoms with Crippen LogP contribution in [0, 0.1) is 11.6 Å². The van der Waals surface area contributed by atoms with E-state index in [1.54, 1.807) is 6.07 Å². The number of hydrogen-bond donors (Lipinski definition) is 1. The van der Waals surface area contributed by atoms with E-state index in [2.05, 4.69) is 5.32 Å². The Labute approximate surface area is 118 Å². The van der Waals surface area contributed by atoms with Crippen LogP contribution in [-0.2, 0) is 6.18 Å². The van der Waals surface area contributed by atoms with E-state index in [1.807, 2.05) is 0 Å². The summed E-state index contributed by atoms with van der Waals surface area (Å²) in [5.74, 6) is -1.90. The Bertz CT molecular complexity index is 636. The number of benzene rings is 2. The number of rotatable bonds is 3. The molecule has 1 N–H and O–H groups in total. The molecule has 0 fully saturated rings. The summed E-state index contributed by atoms with van der Waals surface area (Å²) in [6.07, 6.45) is -4.80. The van der Waals surface area contributed by atoms with Crippen LogP contribution in [-0.4, -0.2) is 7.05 Å². The molecule has 0 heterocycles. The molecule has 0 radical (unpaired) electrons. The van der Waals surface area contributed by atoms with E-state index in [4.69, 9.17) is 0 Å². The second kappa shape index (κ2) is 5.81. The van der Waals surface area contributed by atoms with Gasteiger partial charge < -0.3 is 5.32 Å². The molecule has 0 aromatic heterocycles. The molecule has 0 aliphatic carbocycles. The summed E-state index contributed by atoms with van der Waals surface area (Å²) < 4.78 is 65.3. The molecule has 21 heavy (non-hydrogen) atoms. The third kappa shape index (κ3) is 3.21. The van der Waals surface area contributed by atoms with Crippen molar-refractivity contribution in [2.75, 3.05) is 7.05 Å². The number of nitrogens with one attached hydrogen (secondary N) is 1. The first kappa shape index (κ1) is 15.4. The molecule has 0 aliphatic rings. The van der Waals surface area contributed by atoms with Crippen molar-refractivity contribution in [3.63, 3.8) is 0 Å². The maximum Gasteiger partial charge on any atom is 0.419 e. The van der Waals surface area contributed by atoms with Gasteiger partial charge in [-0.1, -0.05) is 24.3 Å². The van der Waals surface area contributed by atoms with Gasteiger partial charge in [0.25, 0.3) is 0 Å². The van der Waals surface area contributed by atoms with Crippen molar-refractivity contribution in [1.82, 2.24) is 5.32 Å². The fourth-order valence-corrected chi connectivity index (χ4v) is 2.15. The second-order valence-corrected chi connectivity index (χ2v) is 4.48. The van der Waals surface area contributed by atoms with Gasteiger partial charge in [-0.3, -0.25) is 0 Å². The largest absolute Gasteiger partial charge is 0.419 e. The molecule has 0 saturated carbocycles. The highest BCUT2D eigenvalue weighted by Crippen LogP contribution is 2.34. The predicted octanol–water partition coefficient (Wildman–Crippen LogP) is 4.29. The van der Waals surface area contributed by atoms with Crippen molar-refractivity contribution in [2.45, 2.75) is 12.2 Å². The predicted molar refractivity (Wildman–Crippen MR) is 68.7 cm³/mol. The quantitative estimate of drug-likeness (QED) is 0.834. The molecule has 0 amide bonds. The molecule has 112 valence electrons. The Hall–Kier alpha value is -1.95. The molecule has 2 rings (SSSR count). The van der Waals surface area contributed by atoms with Crippen molar-refractivity contribution in [1.29, 1.82) is 0 Å². The summed E-state index contributed by atoms with van der Waals surface area (Å²) in [4.78, 5) is 0. The fraction of sp³-hybridized carbons (Fsp3) is 0.200. The summed E-state index contributed by atoms with van der Waals surface area (Å²) in [7, 11) is 1.49. The zero-order valence-electron chi connectivity index (χ0n) is 11.0. The van der Waals surface area contributed by atoms with Gasteiger partial charge in [-0.15, -0.1) is 0 Å². The summed E-state index contributed by atoms with van der Waals surface area (Å²) in [6, 6.07) is 7.59. The number of halogens is 5. The maximum atomic E-state index is 13.8. The molecule has 0 spiro atoms. The first-order valence-corrected chi connectivity index (χ1v) is 6.13. The minimum absolute atomic E-state index is 0.135. The highest BCUT2D eigenvalue weighted by Gasteiger charge is 2.34. The van der Waals surface area contributed by atoms with Crippen LogP contribution in [0.4, 0.5) is 22.0 Å². The van der Waals surface area contributed by atoms with Gasteiger partial charge in [0.1, 0.15) is 11.6 Å². The Balaban J connectivity index is 2.52. The summed E-state index contributed by atoms with van der Waals surface area (Å²) >= 11 is 0. The Morgan fingerprint density at radius 2 is 1.62 bits per heavy atom. The van der Waals surface area contributed by atoms with E-state index < -0.39 is 29.4 Å². The molecule has 0 aliphatic heterocycles. The second-order valence-electron chi connectivity index (χ2n) is 4.48. The number of hydrogen-bond acceptors (Lipinski definition) is 1. The molecule has 2 aromatic rings. The topological polar surface area (TPSA) is 12.0 Å². The van der Waals surface area contributed by atoms with Gasteiger partial charge in [0.15, 0.2) is 0 Å². The van der Waals surface area contributed by atoms with E-state index in [0.29, 0.717) is 6.07 Å². The average molecular weight is 301 g/mol. The van der Waals surface area contributed by atoms with Crippen LogP contribution in [0.3, 0.4) is 0 Å². The molecule has 1 nitrogen and oxygen atoms in total. The van der Waals surface area contributed by atoms with Crippen LogP contribution in [0.15, 0.2) is 42.5 Å². The lowest BCUT2D eigenvalue weighted by Gasteiger charge is -2.19. The van der Waals surface area contributed by atoms with Gasteiger partial charge in [-0.25, -0.2) is 8.78 Å². The van der Waals surface area contributed by atoms with Gasteiger partial charge in [-0.2, -0.15) is 13.2 Å². The van der Waals surface area contributed by atoms with E-state index >= 15 is 0 Å². The van der Waals surface area contributed by atoms with E-state index in [1.165, 1.54) is 31.3 Å². The molecule has 2 aromatic carbocycles. The Kier molecular flexibility index (Phi) is 4.27. The van der Waals surface area contributed by atoms with Gasteiger partial charge in [0, 0.05) is 5.56 Å². The van der Waals surface area contributed by atoms with Crippen molar-refractivity contribution in [3.05, 3.63) is 70.8 Å². The lowest BCUT2D eigenvalue weighted by Crippen LogP contribution is -2.20. The first-order valence-electron chi connectivity index (χ1n) is 6.13. The van der Waals surface area contributed by atoms with Crippen molar-refractivity contribution in [3.8, 4) is 0 Å². The SMILES string of the molecule is CNC(c1ccc(F)c(C(F)(F)F)c1)c1ccccc1F.